The first-order valence-electron chi connectivity index (χ1n) is 7.24. The third kappa shape index (κ3) is 3.31. The molecule has 0 atom stereocenters. The van der Waals surface area contributed by atoms with Crippen LogP contribution in [0.15, 0.2) is 23.1 Å². The highest BCUT2D eigenvalue weighted by Gasteiger charge is 2.29. The second kappa shape index (κ2) is 6.36. The molecule has 0 N–H and O–H groups in total. The topological polar surface area (TPSA) is 60.9 Å². The van der Waals surface area contributed by atoms with Gasteiger partial charge in [0.2, 0.25) is 10.0 Å². The highest BCUT2D eigenvalue weighted by atomic mass is 32.2. The molecule has 0 unspecified atom stereocenters. The molecule has 0 radical (unpaired) electrons. The van der Waals surface area contributed by atoms with E-state index in [1.165, 1.54) is 15.3 Å². The van der Waals surface area contributed by atoms with E-state index in [9.17, 15) is 13.2 Å². The summed E-state index contributed by atoms with van der Waals surface area (Å²) >= 11 is 0. The molecule has 1 aromatic carbocycles. The first kappa shape index (κ1) is 16.9. The summed E-state index contributed by atoms with van der Waals surface area (Å²) in [6.45, 7) is 4.14. The highest BCUT2D eigenvalue weighted by molar-refractivity contribution is 7.89. The van der Waals surface area contributed by atoms with Gasteiger partial charge in [0.1, 0.15) is 0 Å². The van der Waals surface area contributed by atoms with Crippen molar-refractivity contribution in [2.45, 2.75) is 11.8 Å². The van der Waals surface area contributed by atoms with E-state index in [1.807, 2.05) is 7.05 Å². The molecule has 1 amide bonds. The Morgan fingerprint density at radius 2 is 1.73 bits per heavy atom. The van der Waals surface area contributed by atoms with Crippen molar-refractivity contribution in [2.24, 2.45) is 0 Å². The zero-order valence-corrected chi connectivity index (χ0v) is 14.4. The van der Waals surface area contributed by atoms with Crippen molar-refractivity contribution in [2.75, 3.05) is 47.3 Å². The van der Waals surface area contributed by atoms with Crippen LogP contribution >= 0.6 is 0 Å². The minimum absolute atomic E-state index is 0.199. The summed E-state index contributed by atoms with van der Waals surface area (Å²) in [6, 6.07) is 4.85. The van der Waals surface area contributed by atoms with Gasteiger partial charge in [-0.2, -0.15) is 4.31 Å². The summed E-state index contributed by atoms with van der Waals surface area (Å²) in [5.74, 6) is -0.199. The van der Waals surface area contributed by atoms with Crippen LogP contribution in [-0.4, -0.2) is 75.8 Å². The molecule has 1 heterocycles. The van der Waals surface area contributed by atoms with Crippen LogP contribution in [0.25, 0.3) is 0 Å². The fraction of sp³-hybridized carbons (Fsp3) is 0.533. The molecular formula is C15H23N3O3S. The highest BCUT2D eigenvalue weighted by Crippen LogP contribution is 2.23. The number of aryl methyl sites for hydroxylation is 1. The van der Waals surface area contributed by atoms with Crippen molar-refractivity contribution in [1.82, 2.24) is 14.1 Å². The Morgan fingerprint density at radius 3 is 2.27 bits per heavy atom. The molecule has 0 aromatic heterocycles. The number of hydrogen-bond donors (Lipinski definition) is 0. The van der Waals surface area contributed by atoms with Gasteiger partial charge in [-0.05, 0) is 31.7 Å². The van der Waals surface area contributed by atoms with Crippen LogP contribution in [0, 0.1) is 6.92 Å². The SMILES string of the molecule is Cc1ccc(C(=O)N(C)C)cc1S(=O)(=O)N1CCN(C)CC1. The van der Waals surface area contributed by atoms with Crippen LogP contribution in [0.5, 0.6) is 0 Å². The van der Waals surface area contributed by atoms with Crippen LogP contribution in [0.3, 0.4) is 0 Å². The first-order chi connectivity index (χ1) is 10.2. The van der Waals surface area contributed by atoms with Crippen LogP contribution < -0.4 is 0 Å². The van der Waals surface area contributed by atoms with E-state index in [0.717, 1.165) is 0 Å². The Hall–Kier alpha value is -1.44. The Morgan fingerprint density at radius 1 is 1.14 bits per heavy atom. The minimum atomic E-state index is -3.56. The maximum atomic E-state index is 12.8. The average Bonchev–Trinajstić information content (AvgIpc) is 2.47. The van der Waals surface area contributed by atoms with E-state index in [1.54, 1.807) is 33.2 Å². The molecule has 1 saturated heterocycles. The molecule has 1 aromatic rings. The summed E-state index contributed by atoms with van der Waals surface area (Å²) in [4.78, 5) is 15.8. The first-order valence-corrected chi connectivity index (χ1v) is 8.68. The van der Waals surface area contributed by atoms with Gasteiger partial charge in [0.25, 0.3) is 5.91 Å². The van der Waals surface area contributed by atoms with Gasteiger partial charge in [-0.1, -0.05) is 6.07 Å². The van der Waals surface area contributed by atoms with Crippen LogP contribution in [0.1, 0.15) is 15.9 Å². The molecule has 0 spiro atoms. The molecule has 2 rings (SSSR count). The van der Waals surface area contributed by atoms with Gasteiger partial charge in [0.15, 0.2) is 0 Å². The van der Waals surface area contributed by atoms with Crippen molar-refractivity contribution < 1.29 is 13.2 Å². The fourth-order valence-corrected chi connectivity index (χ4v) is 4.11. The van der Waals surface area contributed by atoms with Crippen molar-refractivity contribution >= 4 is 15.9 Å². The van der Waals surface area contributed by atoms with Gasteiger partial charge in [-0.3, -0.25) is 4.79 Å². The summed E-state index contributed by atoms with van der Waals surface area (Å²) in [5, 5.41) is 0. The van der Waals surface area contributed by atoms with Gasteiger partial charge >= 0.3 is 0 Å². The number of hydrogen-bond acceptors (Lipinski definition) is 4. The predicted molar refractivity (Wildman–Crippen MR) is 85.5 cm³/mol. The summed E-state index contributed by atoms with van der Waals surface area (Å²) in [5.41, 5.74) is 1.05. The Bertz CT molecular complexity index is 663. The minimum Gasteiger partial charge on any atom is -0.345 e. The van der Waals surface area contributed by atoms with Crippen molar-refractivity contribution in [3.63, 3.8) is 0 Å². The number of piperazine rings is 1. The number of nitrogens with zero attached hydrogens (tertiary/aromatic N) is 3. The number of rotatable bonds is 3. The Kier molecular flexibility index (Phi) is 4.89. The second-order valence-corrected chi connectivity index (χ2v) is 7.79. The maximum absolute atomic E-state index is 12.8. The van der Waals surface area contributed by atoms with Crippen LogP contribution in [-0.2, 0) is 10.0 Å². The standard InChI is InChI=1S/C15H23N3O3S/c1-12-5-6-13(15(19)16(2)3)11-14(12)22(20,21)18-9-7-17(4)8-10-18/h5-6,11H,7-10H2,1-4H3. The molecule has 0 saturated carbocycles. The molecular weight excluding hydrogens is 302 g/mol. The van der Waals surface area contributed by atoms with Gasteiger partial charge in [-0.25, -0.2) is 8.42 Å². The van der Waals surface area contributed by atoms with Gasteiger partial charge in [-0.15, -0.1) is 0 Å². The zero-order chi connectivity index (χ0) is 16.5. The maximum Gasteiger partial charge on any atom is 0.253 e. The molecule has 6 nitrogen and oxygen atoms in total. The number of benzene rings is 1. The summed E-state index contributed by atoms with van der Waals surface area (Å²) in [6.07, 6.45) is 0. The number of carbonyl (C=O) groups excluding carboxylic acids is 1. The fourth-order valence-electron chi connectivity index (χ4n) is 2.44. The second-order valence-electron chi connectivity index (χ2n) is 5.89. The van der Waals surface area contributed by atoms with E-state index in [2.05, 4.69) is 4.90 Å². The monoisotopic (exact) mass is 325 g/mol. The summed E-state index contributed by atoms with van der Waals surface area (Å²) in [7, 11) is 1.72. The average molecular weight is 325 g/mol. The summed E-state index contributed by atoms with van der Waals surface area (Å²) < 4.78 is 27.2. The molecule has 7 heteroatoms. The number of likely N-dealkylation sites (N-methyl/N-ethyl adjacent to an activating group) is 1. The molecule has 1 aliphatic rings. The molecule has 0 bridgehead atoms. The number of amides is 1. The molecule has 122 valence electrons. The quantitative estimate of drug-likeness (QED) is 0.818. The lowest BCUT2D eigenvalue weighted by molar-refractivity contribution is 0.0827. The molecule has 1 fully saturated rings. The van der Waals surface area contributed by atoms with Crippen LogP contribution in [0.2, 0.25) is 0 Å². The molecule has 0 aliphatic carbocycles. The van der Waals surface area contributed by atoms with Gasteiger partial charge in [0, 0.05) is 45.8 Å². The van der Waals surface area contributed by atoms with Crippen molar-refractivity contribution in [3.05, 3.63) is 29.3 Å². The van der Waals surface area contributed by atoms with E-state index in [-0.39, 0.29) is 10.8 Å². The smallest absolute Gasteiger partial charge is 0.253 e. The normalized spacial score (nSPS) is 17.5. The van der Waals surface area contributed by atoms with Crippen molar-refractivity contribution in [3.8, 4) is 0 Å². The third-order valence-corrected chi connectivity index (χ3v) is 5.96. The van der Waals surface area contributed by atoms with Gasteiger partial charge in [0.05, 0.1) is 4.90 Å². The Balaban J connectivity index is 2.38. The number of sulfonamides is 1. The van der Waals surface area contributed by atoms with Crippen molar-refractivity contribution in [1.29, 1.82) is 0 Å². The van der Waals surface area contributed by atoms with Crippen LogP contribution in [0.4, 0.5) is 0 Å². The lowest BCUT2D eigenvalue weighted by atomic mass is 10.1. The third-order valence-electron chi connectivity index (χ3n) is 3.92. The van der Waals surface area contributed by atoms with E-state index >= 15 is 0 Å². The zero-order valence-electron chi connectivity index (χ0n) is 13.5. The van der Waals surface area contributed by atoms with Gasteiger partial charge < -0.3 is 9.80 Å². The molecule has 1 aliphatic heterocycles. The lowest BCUT2D eigenvalue weighted by Gasteiger charge is -2.32. The predicted octanol–water partition coefficient (Wildman–Crippen LogP) is 0.633. The molecule has 22 heavy (non-hydrogen) atoms. The number of carbonyl (C=O) groups is 1. The Labute approximate surface area is 132 Å². The largest absolute Gasteiger partial charge is 0.345 e. The van der Waals surface area contributed by atoms with E-state index < -0.39 is 10.0 Å². The van der Waals surface area contributed by atoms with E-state index in [0.29, 0.717) is 37.3 Å². The lowest BCUT2D eigenvalue weighted by Crippen LogP contribution is -2.47. The van der Waals surface area contributed by atoms with E-state index in [4.69, 9.17) is 0 Å².